The van der Waals surface area contributed by atoms with Gasteiger partial charge < -0.3 is 19.1 Å². The molecule has 2 aromatic rings. The molecule has 10 heteroatoms. The average Bonchev–Trinajstić information content (AvgIpc) is 3.15. The zero-order chi connectivity index (χ0) is 31.8. The van der Waals surface area contributed by atoms with Gasteiger partial charge in [0.25, 0.3) is 5.91 Å². The topological polar surface area (TPSA) is 94.2 Å². The van der Waals surface area contributed by atoms with Gasteiger partial charge in [0.1, 0.15) is 12.4 Å². The van der Waals surface area contributed by atoms with Crippen molar-refractivity contribution < 1.29 is 28.0 Å². The minimum absolute atomic E-state index is 0.115. The maximum absolute atomic E-state index is 13.5. The van der Waals surface area contributed by atoms with E-state index in [1.807, 2.05) is 37.3 Å². The van der Waals surface area contributed by atoms with Gasteiger partial charge in [-0.1, -0.05) is 29.8 Å². The maximum Gasteiger partial charge on any atom is 0.331 e. The van der Waals surface area contributed by atoms with Gasteiger partial charge in [-0.15, -0.1) is 0 Å². The maximum atomic E-state index is 13.5. The van der Waals surface area contributed by atoms with Crippen LogP contribution < -0.4 is 14.4 Å². The Bertz CT molecular complexity index is 1590. The molecule has 1 N–H and O–H groups in total. The Morgan fingerprint density at radius 2 is 2.07 bits per heavy atom. The lowest BCUT2D eigenvalue weighted by molar-refractivity contribution is -0.149. The molecule has 1 spiro atoms. The molecule has 1 amide bonds. The highest BCUT2D eigenvalue weighted by Gasteiger charge is 2.44. The minimum atomic E-state index is -2.92. The highest BCUT2D eigenvalue weighted by molar-refractivity contribution is 7.99. The number of methoxy groups -OCH3 is 1. The van der Waals surface area contributed by atoms with Gasteiger partial charge in [-0.2, -0.15) is 0 Å². The van der Waals surface area contributed by atoms with E-state index in [1.54, 1.807) is 6.07 Å². The number of anilines is 1. The number of nitrogens with one attached hydrogen (secondary N) is 1. The molecule has 0 aromatic heterocycles. The lowest BCUT2D eigenvalue weighted by Gasteiger charge is -2.46. The van der Waals surface area contributed by atoms with Gasteiger partial charge in [-0.25, -0.2) is 9.00 Å². The lowest BCUT2D eigenvalue weighted by Crippen LogP contribution is -2.49. The average molecular weight is 655 g/mol. The van der Waals surface area contributed by atoms with Crippen LogP contribution in [0.2, 0.25) is 5.02 Å². The largest absolute Gasteiger partial charge is 0.490 e. The first-order valence-corrected chi connectivity index (χ1v) is 18.1. The molecule has 1 unspecified atom stereocenters. The van der Waals surface area contributed by atoms with Crippen LogP contribution in [0.1, 0.15) is 66.9 Å². The molecule has 242 valence electrons. The lowest BCUT2D eigenvalue weighted by atomic mass is 9.68. The third-order valence-corrected chi connectivity index (χ3v) is 12.6. The number of hydrogen-bond donors (Lipinski definition) is 1. The summed E-state index contributed by atoms with van der Waals surface area (Å²) in [5.74, 6) is 4.35. The summed E-state index contributed by atoms with van der Waals surface area (Å²) < 4.78 is 33.9. The van der Waals surface area contributed by atoms with E-state index in [0.717, 1.165) is 61.7 Å². The number of benzene rings is 2. The summed E-state index contributed by atoms with van der Waals surface area (Å²) in [7, 11) is -1.55. The number of carbonyl (C=O) groups is 2. The van der Waals surface area contributed by atoms with Crippen molar-refractivity contribution in [3.8, 4) is 5.75 Å². The number of rotatable bonds is 3. The van der Waals surface area contributed by atoms with Crippen molar-refractivity contribution in [2.45, 2.75) is 68.6 Å². The Balaban J connectivity index is 1.40. The van der Waals surface area contributed by atoms with Crippen molar-refractivity contribution in [3.63, 3.8) is 0 Å². The molecule has 6 atom stereocenters. The fourth-order valence-electron chi connectivity index (χ4n) is 7.41. The summed E-state index contributed by atoms with van der Waals surface area (Å²) in [4.78, 5) is 27.9. The monoisotopic (exact) mass is 654 g/mol. The number of halogens is 1. The number of aryl methyl sites for hydroxylation is 1. The summed E-state index contributed by atoms with van der Waals surface area (Å²) in [6.07, 6.45) is 10.1. The predicted octanol–water partition coefficient (Wildman–Crippen LogP) is 5.50. The molecule has 8 nitrogen and oxygen atoms in total. The highest BCUT2D eigenvalue weighted by Crippen LogP contribution is 2.47. The van der Waals surface area contributed by atoms with Crippen LogP contribution in [0.3, 0.4) is 0 Å². The van der Waals surface area contributed by atoms with Crippen molar-refractivity contribution in [1.82, 2.24) is 4.72 Å². The van der Waals surface area contributed by atoms with E-state index in [0.29, 0.717) is 30.9 Å². The van der Waals surface area contributed by atoms with Crippen molar-refractivity contribution in [1.29, 1.82) is 0 Å². The van der Waals surface area contributed by atoms with E-state index >= 15 is 0 Å². The number of amides is 1. The van der Waals surface area contributed by atoms with Gasteiger partial charge in [0.2, 0.25) is 0 Å². The molecule has 6 rings (SSSR count). The SMILES string of the molecule is C=S1(=O)NC(=O)c2ccc3c(c2)N(C[C@@H]2CC[C@H]2[C@@H](OCC(=O)OC)/C=C/CC[C@H]1C)C[C@@]1(CCCc2cc(Cl)ccc21)CO3. The number of nitrogens with zero attached hydrogens (tertiary/aromatic N) is 1. The number of allylic oxidation sites excluding steroid dienone is 1. The minimum Gasteiger partial charge on any atom is -0.490 e. The summed E-state index contributed by atoms with van der Waals surface area (Å²) in [6, 6.07) is 11.7. The molecule has 2 heterocycles. The molecule has 2 aliphatic heterocycles. The molecule has 4 aliphatic rings. The summed E-state index contributed by atoms with van der Waals surface area (Å²) in [5, 5.41) is 0.397. The molecule has 2 aromatic carbocycles. The second-order valence-corrected chi connectivity index (χ2v) is 16.0. The first kappa shape index (κ1) is 32.0. The van der Waals surface area contributed by atoms with Gasteiger partial charge in [-0.05, 0) is 111 Å². The van der Waals surface area contributed by atoms with Crippen molar-refractivity contribution >= 4 is 44.7 Å². The first-order chi connectivity index (χ1) is 21.6. The van der Waals surface area contributed by atoms with E-state index in [2.05, 4.69) is 27.6 Å². The van der Waals surface area contributed by atoms with Crippen LogP contribution in [0, 0.1) is 11.8 Å². The summed E-state index contributed by atoms with van der Waals surface area (Å²) >= 11 is 6.42. The highest BCUT2D eigenvalue weighted by atomic mass is 35.5. The predicted molar refractivity (Wildman–Crippen MR) is 179 cm³/mol. The molecule has 45 heavy (non-hydrogen) atoms. The molecule has 0 saturated heterocycles. The smallest absolute Gasteiger partial charge is 0.331 e. The Morgan fingerprint density at radius 1 is 1.22 bits per heavy atom. The standard InChI is InChI=1S/C35H43ClN2O6S/c1-23-7-4-5-9-31(43-20-33(39)42-2)28-13-10-26(28)19-38-21-35(16-6-8-24-17-27(36)12-14-29(24)35)22-44-32-15-11-25(18-30(32)38)34(40)37-45(23,3)41/h5,9,11-12,14-15,17-18,23,26,28,31H,3-4,6-8,10,13,16,19-22H2,1-2H3,(H,37,40,41)/b9-5+/t23-,26+,28-,31+,35+,45?/m1/s1. The fraction of sp³-hybridized carbons (Fsp3) is 0.514. The van der Waals surface area contributed by atoms with Crippen molar-refractivity contribution in [2.24, 2.45) is 11.8 Å². The second-order valence-electron chi connectivity index (χ2n) is 13.1. The van der Waals surface area contributed by atoms with Crippen LogP contribution in [-0.2, 0) is 35.8 Å². The molecular formula is C35H43ClN2O6S. The number of hydrogen-bond acceptors (Lipinski definition) is 7. The normalized spacial score (nSPS) is 32.2. The third kappa shape index (κ3) is 6.62. The number of carbonyl (C=O) groups excluding carboxylic acids is 2. The van der Waals surface area contributed by atoms with Crippen LogP contribution in [0.15, 0.2) is 48.6 Å². The van der Waals surface area contributed by atoms with Crippen molar-refractivity contribution in [3.05, 3.63) is 70.3 Å². The van der Waals surface area contributed by atoms with Crippen LogP contribution in [0.5, 0.6) is 5.75 Å². The van der Waals surface area contributed by atoms with Crippen LogP contribution in [0.25, 0.3) is 0 Å². The number of ether oxygens (including phenoxy) is 3. The Morgan fingerprint density at radius 3 is 2.84 bits per heavy atom. The Labute approximate surface area is 271 Å². The molecular weight excluding hydrogens is 612 g/mol. The molecule has 1 fully saturated rings. The van der Waals surface area contributed by atoms with Crippen LogP contribution in [0.4, 0.5) is 5.69 Å². The Kier molecular flexibility index (Phi) is 9.24. The summed E-state index contributed by atoms with van der Waals surface area (Å²) in [6.45, 7) is 3.71. The summed E-state index contributed by atoms with van der Waals surface area (Å²) in [5.41, 5.74) is 3.56. The Hall–Kier alpha value is -3.01. The number of esters is 1. The first-order valence-electron chi connectivity index (χ1n) is 15.9. The van der Waals surface area contributed by atoms with E-state index < -0.39 is 21.6 Å². The quantitative estimate of drug-likeness (QED) is 0.266. The fourth-order valence-corrected chi connectivity index (χ4v) is 8.75. The van der Waals surface area contributed by atoms with Gasteiger partial charge in [-0.3, -0.25) is 9.52 Å². The molecule has 2 aliphatic carbocycles. The molecule has 0 radical (unpaired) electrons. The molecule has 2 bridgehead atoms. The van der Waals surface area contributed by atoms with E-state index in [4.69, 9.17) is 25.8 Å². The van der Waals surface area contributed by atoms with Crippen LogP contribution >= 0.6 is 11.6 Å². The third-order valence-electron chi connectivity index (χ3n) is 10.3. The second kappa shape index (κ2) is 13.0. The number of fused-ring (bicyclic) bond motifs is 4. The van der Waals surface area contributed by atoms with Gasteiger partial charge in [0, 0.05) is 34.3 Å². The van der Waals surface area contributed by atoms with E-state index in [1.165, 1.54) is 18.2 Å². The van der Waals surface area contributed by atoms with E-state index in [-0.39, 0.29) is 29.3 Å². The van der Waals surface area contributed by atoms with Gasteiger partial charge >= 0.3 is 5.97 Å². The molecule has 1 saturated carbocycles. The van der Waals surface area contributed by atoms with Gasteiger partial charge in [0.15, 0.2) is 0 Å². The zero-order valence-electron chi connectivity index (χ0n) is 26.1. The van der Waals surface area contributed by atoms with Crippen molar-refractivity contribution in [2.75, 3.05) is 38.3 Å². The van der Waals surface area contributed by atoms with Crippen LogP contribution in [-0.4, -0.2) is 66.7 Å². The zero-order valence-corrected chi connectivity index (χ0v) is 27.7. The van der Waals surface area contributed by atoms with Gasteiger partial charge in [0.05, 0.1) is 35.2 Å². The van der Waals surface area contributed by atoms with E-state index in [9.17, 15) is 13.8 Å².